The van der Waals surface area contributed by atoms with Crippen LogP contribution in [0.3, 0.4) is 0 Å². The van der Waals surface area contributed by atoms with Gasteiger partial charge in [-0.3, -0.25) is 9.69 Å². The highest BCUT2D eigenvalue weighted by molar-refractivity contribution is 5.81. The van der Waals surface area contributed by atoms with Crippen molar-refractivity contribution in [2.45, 2.75) is 38.8 Å². The fourth-order valence-corrected chi connectivity index (χ4v) is 5.23. The van der Waals surface area contributed by atoms with Gasteiger partial charge >= 0.3 is 0 Å². The van der Waals surface area contributed by atoms with E-state index in [1.165, 1.54) is 27.7 Å². The first-order chi connectivity index (χ1) is 17.2. The molecule has 4 heteroatoms. The molecule has 2 heterocycles. The zero-order chi connectivity index (χ0) is 24.0. The highest BCUT2D eigenvalue weighted by atomic mass is 16.1. The third kappa shape index (κ3) is 5.66. The van der Waals surface area contributed by atoms with Gasteiger partial charge in [0.15, 0.2) is 0 Å². The second kappa shape index (κ2) is 10.9. The Morgan fingerprint density at radius 3 is 2.29 bits per heavy atom. The molecular weight excluding hydrogens is 430 g/mol. The van der Waals surface area contributed by atoms with Crippen LogP contribution >= 0.6 is 0 Å². The molecule has 4 nitrogen and oxygen atoms in total. The third-order valence-corrected chi connectivity index (χ3v) is 7.37. The van der Waals surface area contributed by atoms with E-state index in [1.54, 1.807) is 0 Å². The quantitative estimate of drug-likeness (QED) is 0.356. The largest absolute Gasteiger partial charge is 0.355 e. The summed E-state index contributed by atoms with van der Waals surface area (Å²) in [6.07, 6.45) is 1.84. The fourth-order valence-electron chi connectivity index (χ4n) is 5.23. The molecule has 1 atom stereocenters. The van der Waals surface area contributed by atoms with E-state index in [9.17, 15) is 4.79 Å². The molecule has 3 aromatic carbocycles. The van der Waals surface area contributed by atoms with Crippen molar-refractivity contribution in [1.82, 2.24) is 14.8 Å². The number of hydrogen-bond acceptors (Lipinski definition) is 2. The molecule has 0 radical (unpaired) electrons. The summed E-state index contributed by atoms with van der Waals surface area (Å²) in [6.45, 7) is 6.58. The van der Waals surface area contributed by atoms with Crippen molar-refractivity contribution in [3.05, 3.63) is 108 Å². The average Bonchev–Trinajstić information content (AvgIpc) is 3.25. The van der Waals surface area contributed by atoms with Crippen LogP contribution < -0.4 is 5.32 Å². The fraction of sp³-hybridized carbons (Fsp3) is 0.323. The predicted molar refractivity (Wildman–Crippen MR) is 143 cm³/mol. The maximum atomic E-state index is 12.8. The third-order valence-electron chi connectivity index (χ3n) is 7.37. The van der Waals surface area contributed by atoms with Crippen LogP contribution in [0, 0.1) is 5.92 Å². The second-order valence-electron chi connectivity index (χ2n) is 9.87. The van der Waals surface area contributed by atoms with Crippen LogP contribution in [0.15, 0.2) is 91.0 Å². The van der Waals surface area contributed by atoms with Gasteiger partial charge in [-0.1, -0.05) is 85.8 Å². The molecule has 1 aliphatic heterocycles. The van der Waals surface area contributed by atoms with E-state index >= 15 is 0 Å². The Labute approximate surface area is 208 Å². The molecule has 4 aromatic rings. The van der Waals surface area contributed by atoms with Crippen molar-refractivity contribution in [3.63, 3.8) is 0 Å². The highest BCUT2D eigenvalue weighted by Gasteiger charge is 2.26. The summed E-state index contributed by atoms with van der Waals surface area (Å²) in [7, 11) is 0. The predicted octanol–water partition coefficient (Wildman–Crippen LogP) is 5.82. The van der Waals surface area contributed by atoms with Crippen molar-refractivity contribution in [3.8, 4) is 0 Å². The first-order valence-corrected chi connectivity index (χ1v) is 12.8. The van der Waals surface area contributed by atoms with Crippen LogP contribution in [0.5, 0.6) is 0 Å². The van der Waals surface area contributed by atoms with Crippen molar-refractivity contribution < 1.29 is 4.79 Å². The van der Waals surface area contributed by atoms with Gasteiger partial charge in [-0.05, 0) is 60.5 Å². The molecular formula is C31H35N3O. The number of aromatic nitrogens is 1. The minimum absolute atomic E-state index is 0.115. The summed E-state index contributed by atoms with van der Waals surface area (Å²) in [5.74, 6) is 0.654. The summed E-state index contributed by atoms with van der Waals surface area (Å²) in [4.78, 5) is 15.3. The number of hydrogen-bond donors (Lipinski definition) is 1. The Hall–Kier alpha value is -3.37. The van der Waals surface area contributed by atoms with Crippen LogP contribution in [0.2, 0.25) is 0 Å². The lowest BCUT2D eigenvalue weighted by molar-refractivity contribution is -0.126. The Morgan fingerprint density at radius 1 is 0.886 bits per heavy atom. The SMILES string of the molecule is CC(CNC(=O)C1CCN(Cc2cc3ccccc3n2Cc2ccccc2)CC1)c1ccccc1. The van der Waals surface area contributed by atoms with E-state index in [4.69, 9.17) is 0 Å². The molecule has 1 aromatic heterocycles. The number of rotatable bonds is 8. The van der Waals surface area contributed by atoms with E-state index in [2.05, 4.69) is 107 Å². The number of likely N-dealkylation sites (tertiary alicyclic amines) is 1. The first kappa shape index (κ1) is 23.4. The molecule has 0 saturated carbocycles. The van der Waals surface area contributed by atoms with Crippen molar-refractivity contribution >= 4 is 16.8 Å². The smallest absolute Gasteiger partial charge is 0.223 e. The zero-order valence-electron chi connectivity index (χ0n) is 20.6. The van der Waals surface area contributed by atoms with Gasteiger partial charge in [0.05, 0.1) is 0 Å². The zero-order valence-corrected chi connectivity index (χ0v) is 20.6. The standard InChI is InChI=1S/C31H35N3O/c1-24(26-12-6-3-7-13-26)21-32-31(35)27-16-18-33(19-17-27)23-29-20-28-14-8-9-15-30(28)34(29)22-25-10-4-2-5-11-25/h2-15,20,24,27H,16-19,21-23H2,1H3,(H,32,35). The van der Waals surface area contributed by atoms with Crippen LogP contribution in [-0.4, -0.2) is 35.0 Å². The van der Waals surface area contributed by atoms with Crippen molar-refractivity contribution in [2.24, 2.45) is 5.92 Å². The summed E-state index contributed by atoms with van der Waals surface area (Å²) >= 11 is 0. The average molecular weight is 466 g/mol. The van der Waals surface area contributed by atoms with Crippen LogP contribution in [0.25, 0.3) is 10.9 Å². The number of fused-ring (bicyclic) bond motifs is 1. The van der Waals surface area contributed by atoms with Gasteiger partial charge in [0, 0.05) is 36.8 Å². The van der Waals surface area contributed by atoms with Gasteiger partial charge in [-0.25, -0.2) is 0 Å². The lowest BCUT2D eigenvalue weighted by Crippen LogP contribution is -2.41. The second-order valence-corrected chi connectivity index (χ2v) is 9.87. The minimum atomic E-state index is 0.115. The topological polar surface area (TPSA) is 37.3 Å². The summed E-state index contributed by atoms with van der Waals surface area (Å²) in [5.41, 5.74) is 5.21. The lowest BCUT2D eigenvalue weighted by atomic mass is 9.95. The monoisotopic (exact) mass is 465 g/mol. The Bertz CT molecular complexity index is 1240. The molecule has 35 heavy (non-hydrogen) atoms. The number of nitrogens with zero attached hydrogens (tertiary/aromatic N) is 2. The number of piperidine rings is 1. The maximum Gasteiger partial charge on any atom is 0.223 e. The van der Waals surface area contributed by atoms with E-state index < -0.39 is 0 Å². The van der Waals surface area contributed by atoms with E-state index in [0.29, 0.717) is 12.5 Å². The highest BCUT2D eigenvalue weighted by Crippen LogP contribution is 2.25. The molecule has 1 amide bonds. The minimum Gasteiger partial charge on any atom is -0.355 e. The molecule has 1 unspecified atom stereocenters. The number of benzene rings is 3. The molecule has 180 valence electrons. The molecule has 1 aliphatic rings. The number of para-hydroxylation sites is 1. The number of amides is 1. The normalized spacial score (nSPS) is 15.8. The van der Waals surface area contributed by atoms with E-state index in [-0.39, 0.29) is 11.8 Å². The van der Waals surface area contributed by atoms with Gasteiger partial charge in [-0.15, -0.1) is 0 Å². The van der Waals surface area contributed by atoms with Gasteiger partial charge < -0.3 is 9.88 Å². The van der Waals surface area contributed by atoms with Gasteiger partial charge in [-0.2, -0.15) is 0 Å². The molecule has 0 bridgehead atoms. The van der Waals surface area contributed by atoms with Crippen LogP contribution in [-0.2, 0) is 17.9 Å². The molecule has 1 fully saturated rings. The summed E-state index contributed by atoms with van der Waals surface area (Å²) in [6, 6.07) is 32.1. The van der Waals surface area contributed by atoms with Gasteiger partial charge in [0.1, 0.15) is 0 Å². The molecule has 0 spiro atoms. The van der Waals surface area contributed by atoms with Crippen molar-refractivity contribution in [2.75, 3.05) is 19.6 Å². The van der Waals surface area contributed by atoms with Gasteiger partial charge in [0.2, 0.25) is 5.91 Å². The van der Waals surface area contributed by atoms with E-state index in [1.807, 2.05) is 6.07 Å². The lowest BCUT2D eigenvalue weighted by Gasteiger charge is -2.31. The maximum absolute atomic E-state index is 12.8. The molecule has 5 rings (SSSR count). The Kier molecular flexibility index (Phi) is 7.29. The van der Waals surface area contributed by atoms with E-state index in [0.717, 1.165) is 39.0 Å². The van der Waals surface area contributed by atoms with Gasteiger partial charge in [0.25, 0.3) is 0 Å². The van der Waals surface area contributed by atoms with Crippen molar-refractivity contribution in [1.29, 1.82) is 0 Å². The summed E-state index contributed by atoms with van der Waals surface area (Å²) in [5, 5.41) is 4.50. The number of carbonyl (C=O) groups is 1. The van der Waals surface area contributed by atoms with Crippen LogP contribution in [0.4, 0.5) is 0 Å². The molecule has 0 aliphatic carbocycles. The number of nitrogens with one attached hydrogen (secondary N) is 1. The molecule has 1 saturated heterocycles. The first-order valence-electron chi connectivity index (χ1n) is 12.8. The van der Waals surface area contributed by atoms with Crippen LogP contribution in [0.1, 0.15) is 42.5 Å². The summed E-state index contributed by atoms with van der Waals surface area (Å²) < 4.78 is 2.45. The Morgan fingerprint density at radius 2 is 1.54 bits per heavy atom. The Balaban J connectivity index is 1.19. The molecule has 1 N–H and O–H groups in total. The number of carbonyl (C=O) groups excluding carboxylic acids is 1.